The summed E-state index contributed by atoms with van der Waals surface area (Å²) in [4.78, 5) is 11.7. The lowest BCUT2D eigenvalue weighted by Crippen LogP contribution is -2.20. The van der Waals surface area contributed by atoms with E-state index >= 15 is 0 Å². The molecule has 0 spiro atoms. The Morgan fingerprint density at radius 1 is 1.10 bits per heavy atom. The van der Waals surface area contributed by atoms with Gasteiger partial charge >= 0.3 is 5.63 Å². The number of ether oxygens (including phenoxy) is 1. The molecule has 0 bridgehead atoms. The highest BCUT2D eigenvalue weighted by atomic mass is 79.9. The van der Waals surface area contributed by atoms with Crippen LogP contribution in [-0.2, 0) is 0 Å². The van der Waals surface area contributed by atoms with Crippen LogP contribution < -0.4 is 10.4 Å². The van der Waals surface area contributed by atoms with Crippen LogP contribution in [0.4, 0.5) is 0 Å². The largest absolute Gasteiger partial charge is 0.490 e. The molecule has 0 amide bonds. The lowest BCUT2D eigenvalue weighted by Gasteiger charge is -2.12. The number of nitrogens with zero attached hydrogens (tertiary/aromatic N) is 2. The van der Waals surface area contributed by atoms with Crippen molar-refractivity contribution in [2.45, 2.75) is 11.3 Å². The second-order valence-corrected chi connectivity index (χ2v) is 7.97. The Hall–Kier alpha value is -2.62. The molecule has 1 N–H and O–H groups in total. The third-order valence-electron chi connectivity index (χ3n) is 3.94. The van der Waals surface area contributed by atoms with Crippen LogP contribution in [0.25, 0.3) is 22.4 Å². The van der Waals surface area contributed by atoms with Gasteiger partial charge in [0.2, 0.25) is 5.89 Å². The standard InChI is InChI=1S/C20H15BrN2O5S/c21-13-7-5-12(6-8-13)19-22-23-20(28-19)29-11-14(24)10-26-17-9-18(25)27-16-4-2-1-3-15(16)17/h1-9,14,24H,10-11H2. The summed E-state index contributed by atoms with van der Waals surface area (Å²) in [6, 6.07) is 15.9. The summed E-state index contributed by atoms with van der Waals surface area (Å²) in [5.74, 6) is 1.07. The minimum Gasteiger partial charge on any atom is -0.490 e. The van der Waals surface area contributed by atoms with Crippen molar-refractivity contribution in [2.24, 2.45) is 0 Å². The first-order valence-electron chi connectivity index (χ1n) is 8.64. The van der Waals surface area contributed by atoms with E-state index in [0.717, 1.165) is 10.0 Å². The van der Waals surface area contributed by atoms with E-state index in [-0.39, 0.29) is 6.61 Å². The number of thioether (sulfide) groups is 1. The summed E-state index contributed by atoms with van der Waals surface area (Å²) in [6.45, 7) is 0.00809. The molecule has 0 saturated carbocycles. The maximum atomic E-state index is 11.7. The fraction of sp³-hybridized carbons (Fsp3) is 0.150. The van der Waals surface area contributed by atoms with Crippen LogP contribution in [0.1, 0.15) is 0 Å². The third kappa shape index (κ3) is 4.87. The molecule has 29 heavy (non-hydrogen) atoms. The molecule has 4 aromatic rings. The van der Waals surface area contributed by atoms with Gasteiger partial charge in [-0.25, -0.2) is 4.79 Å². The molecule has 2 aromatic heterocycles. The number of halogens is 1. The lowest BCUT2D eigenvalue weighted by atomic mass is 10.2. The Morgan fingerprint density at radius 2 is 1.90 bits per heavy atom. The van der Waals surface area contributed by atoms with Crippen molar-refractivity contribution in [1.82, 2.24) is 10.2 Å². The zero-order valence-electron chi connectivity index (χ0n) is 14.9. The summed E-state index contributed by atoms with van der Waals surface area (Å²) in [5, 5.41) is 19.3. The monoisotopic (exact) mass is 474 g/mol. The molecule has 148 valence electrons. The molecule has 0 radical (unpaired) electrons. The van der Waals surface area contributed by atoms with Crippen LogP contribution in [0.3, 0.4) is 0 Å². The summed E-state index contributed by atoms with van der Waals surface area (Å²) in [6.07, 6.45) is -0.797. The fourth-order valence-corrected chi connectivity index (χ4v) is 3.51. The third-order valence-corrected chi connectivity index (χ3v) is 5.43. The Labute approximate surface area is 177 Å². The number of hydrogen-bond acceptors (Lipinski definition) is 8. The highest BCUT2D eigenvalue weighted by molar-refractivity contribution is 9.10. The summed E-state index contributed by atoms with van der Waals surface area (Å²) < 4.78 is 17.3. The molecule has 0 aliphatic carbocycles. The highest BCUT2D eigenvalue weighted by Crippen LogP contribution is 2.26. The first kappa shape index (κ1) is 19.7. The van der Waals surface area contributed by atoms with Gasteiger partial charge in [-0.15, -0.1) is 10.2 Å². The van der Waals surface area contributed by atoms with Gasteiger partial charge in [0.05, 0.1) is 17.6 Å². The summed E-state index contributed by atoms with van der Waals surface area (Å²) in [7, 11) is 0. The first-order chi connectivity index (χ1) is 14.1. The molecule has 1 unspecified atom stereocenters. The van der Waals surface area contributed by atoms with Gasteiger partial charge in [-0.2, -0.15) is 0 Å². The van der Waals surface area contributed by atoms with Crippen molar-refractivity contribution in [2.75, 3.05) is 12.4 Å². The molecule has 0 aliphatic heterocycles. The van der Waals surface area contributed by atoms with Crippen LogP contribution in [-0.4, -0.2) is 33.8 Å². The second kappa shape index (κ2) is 8.81. The molecule has 2 heterocycles. The highest BCUT2D eigenvalue weighted by Gasteiger charge is 2.14. The Balaban J connectivity index is 1.35. The van der Waals surface area contributed by atoms with Gasteiger partial charge in [-0.1, -0.05) is 39.8 Å². The summed E-state index contributed by atoms with van der Waals surface area (Å²) in [5.41, 5.74) is 0.741. The number of aliphatic hydroxyl groups excluding tert-OH is 1. The predicted molar refractivity (Wildman–Crippen MR) is 112 cm³/mol. The topological polar surface area (TPSA) is 98.6 Å². The van der Waals surface area contributed by atoms with Crippen LogP contribution in [0.2, 0.25) is 0 Å². The second-order valence-electron chi connectivity index (χ2n) is 6.08. The van der Waals surface area contributed by atoms with Gasteiger partial charge in [0.15, 0.2) is 0 Å². The number of hydrogen-bond donors (Lipinski definition) is 1. The molecule has 9 heteroatoms. The molecular formula is C20H15BrN2O5S. The van der Waals surface area contributed by atoms with E-state index in [4.69, 9.17) is 13.6 Å². The van der Waals surface area contributed by atoms with Crippen molar-refractivity contribution in [1.29, 1.82) is 0 Å². The van der Waals surface area contributed by atoms with E-state index in [2.05, 4.69) is 26.1 Å². The maximum absolute atomic E-state index is 11.7. The number of fused-ring (bicyclic) bond motifs is 1. The van der Waals surface area contributed by atoms with Crippen LogP contribution in [0, 0.1) is 0 Å². The minimum absolute atomic E-state index is 0.00809. The van der Waals surface area contributed by atoms with Crippen LogP contribution in [0.15, 0.2) is 77.9 Å². The van der Waals surface area contributed by atoms with E-state index in [1.54, 1.807) is 18.2 Å². The average Bonchev–Trinajstić information content (AvgIpc) is 3.20. The molecular weight excluding hydrogens is 460 g/mol. The predicted octanol–water partition coefficient (Wildman–Crippen LogP) is 4.14. The normalized spacial score (nSPS) is 12.2. The average molecular weight is 475 g/mol. The van der Waals surface area contributed by atoms with Gasteiger partial charge < -0.3 is 18.7 Å². The van der Waals surface area contributed by atoms with E-state index in [0.29, 0.717) is 33.6 Å². The van der Waals surface area contributed by atoms with E-state index in [1.165, 1.54) is 17.8 Å². The van der Waals surface area contributed by atoms with Gasteiger partial charge in [0.1, 0.15) is 17.9 Å². The number of aromatic nitrogens is 2. The smallest absolute Gasteiger partial charge is 0.339 e. The van der Waals surface area contributed by atoms with Crippen molar-refractivity contribution in [3.8, 4) is 17.2 Å². The number of benzene rings is 2. The van der Waals surface area contributed by atoms with E-state index < -0.39 is 11.7 Å². The molecule has 2 aromatic carbocycles. The van der Waals surface area contributed by atoms with E-state index in [1.807, 2.05) is 30.3 Å². The van der Waals surface area contributed by atoms with Crippen molar-refractivity contribution < 1.29 is 18.7 Å². The Bertz CT molecular complexity index is 1180. The first-order valence-corrected chi connectivity index (χ1v) is 10.4. The number of para-hydroxylation sites is 1. The molecule has 0 aliphatic rings. The van der Waals surface area contributed by atoms with Crippen molar-refractivity contribution in [3.63, 3.8) is 0 Å². The Kier molecular flexibility index (Phi) is 5.98. The molecule has 7 nitrogen and oxygen atoms in total. The minimum atomic E-state index is -0.797. The number of aliphatic hydroxyl groups is 1. The molecule has 0 fully saturated rings. The quantitative estimate of drug-likeness (QED) is 0.315. The van der Waals surface area contributed by atoms with Gasteiger partial charge in [-0.05, 0) is 36.4 Å². The van der Waals surface area contributed by atoms with Crippen LogP contribution >= 0.6 is 27.7 Å². The lowest BCUT2D eigenvalue weighted by molar-refractivity contribution is 0.127. The Morgan fingerprint density at radius 3 is 2.72 bits per heavy atom. The van der Waals surface area contributed by atoms with Crippen molar-refractivity contribution >= 4 is 38.7 Å². The maximum Gasteiger partial charge on any atom is 0.339 e. The van der Waals surface area contributed by atoms with Gasteiger partial charge in [0.25, 0.3) is 5.22 Å². The zero-order valence-corrected chi connectivity index (χ0v) is 17.4. The van der Waals surface area contributed by atoms with Crippen LogP contribution in [0.5, 0.6) is 5.75 Å². The van der Waals surface area contributed by atoms with Gasteiger partial charge in [-0.3, -0.25) is 0 Å². The van der Waals surface area contributed by atoms with Crippen molar-refractivity contribution in [3.05, 3.63) is 69.5 Å². The molecule has 0 saturated heterocycles. The van der Waals surface area contributed by atoms with E-state index in [9.17, 15) is 9.90 Å². The molecule has 4 rings (SSSR count). The number of rotatable bonds is 7. The molecule has 1 atom stereocenters. The van der Waals surface area contributed by atoms with Gasteiger partial charge in [0, 0.05) is 15.8 Å². The zero-order chi connectivity index (χ0) is 20.2. The summed E-state index contributed by atoms with van der Waals surface area (Å²) >= 11 is 4.61. The SMILES string of the molecule is O=c1cc(OCC(O)CSc2nnc(-c3ccc(Br)cc3)o2)c2ccccc2o1. The fourth-order valence-electron chi connectivity index (χ4n) is 2.58.